The van der Waals surface area contributed by atoms with Crippen LogP contribution in [0, 0.1) is 5.92 Å². The summed E-state index contributed by atoms with van der Waals surface area (Å²) >= 11 is 0. The average molecular weight is 453 g/mol. The summed E-state index contributed by atoms with van der Waals surface area (Å²) in [5.41, 5.74) is 0. The van der Waals surface area contributed by atoms with Gasteiger partial charge in [-0.05, 0) is 52.2 Å². The highest BCUT2D eigenvalue weighted by Crippen LogP contribution is 2.18. The summed E-state index contributed by atoms with van der Waals surface area (Å²) in [6, 6.07) is 1.12. The third-order valence-corrected chi connectivity index (χ3v) is 5.00. The van der Waals surface area contributed by atoms with Crippen LogP contribution in [0.2, 0.25) is 0 Å². The Bertz CT molecular complexity index is 344. The first kappa shape index (κ1) is 23.9. The summed E-state index contributed by atoms with van der Waals surface area (Å²) in [6.07, 6.45) is 2.43. The van der Waals surface area contributed by atoms with Gasteiger partial charge in [0.1, 0.15) is 0 Å². The molecule has 1 aliphatic heterocycles. The molecule has 0 saturated carbocycles. The standard InChI is InChI=1S/C18H39N5.HI/c1-7-22(8-2)12-10-9-11-20-18(19-6)21-17-14-23(15(3)4)13-16(17)5;/h15-17H,7-14H2,1-6H3,(H2,19,20,21);1H. The number of nitrogens with zero attached hydrogens (tertiary/aromatic N) is 3. The summed E-state index contributed by atoms with van der Waals surface area (Å²) in [7, 11) is 1.87. The first-order chi connectivity index (χ1) is 11.0. The van der Waals surface area contributed by atoms with Crippen molar-refractivity contribution in [1.29, 1.82) is 0 Å². The zero-order chi connectivity index (χ0) is 17.2. The molecule has 0 aromatic heterocycles. The van der Waals surface area contributed by atoms with Gasteiger partial charge in [-0.2, -0.15) is 0 Å². The lowest BCUT2D eigenvalue weighted by molar-refractivity contribution is 0.265. The Labute approximate surface area is 167 Å². The first-order valence-corrected chi connectivity index (χ1v) is 9.45. The number of unbranched alkanes of at least 4 members (excludes halogenated alkanes) is 1. The van der Waals surface area contributed by atoms with Gasteiger partial charge in [0.2, 0.25) is 0 Å². The van der Waals surface area contributed by atoms with E-state index in [1.165, 1.54) is 25.9 Å². The molecule has 144 valence electrons. The molecule has 0 spiro atoms. The molecule has 0 aromatic carbocycles. The average Bonchev–Trinajstić information content (AvgIpc) is 2.91. The number of nitrogens with one attached hydrogen (secondary N) is 2. The van der Waals surface area contributed by atoms with E-state index in [4.69, 9.17) is 0 Å². The quantitative estimate of drug-likeness (QED) is 0.244. The van der Waals surface area contributed by atoms with Crippen LogP contribution in [0.3, 0.4) is 0 Å². The summed E-state index contributed by atoms with van der Waals surface area (Å²) < 4.78 is 0. The van der Waals surface area contributed by atoms with Crippen LogP contribution in [0.5, 0.6) is 0 Å². The summed E-state index contributed by atoms with van der Waals surface area (Å²) in [5, 5.41) is 7.08. The zero-order valence-electron chi connectivity index (χ0n) is 16.6. The van der Waals surface area contributed by atoms with Gasteiger partial charge in [0.25, 0.3) is 0 Å². The van der Waals surface area contributed by atoms with Crippen molar-refractivity contribution in [3.8, 4) is 0 Å². The van der Waals surface area contributed by atoms with Crippen LogP contribution in [-0.2, 0) is 0 Å². The van der Waals surface area contributed by atoms with Gasteiger partial charge >= 0.3 is 0 Å². The van der Waals surface area contributed by atoms with Crippen molar-refractivity contribution in [3.05, 3.63) is 0 Å². The van der Waals surface area contributed by atoms with Crippen molar-refractivity contribution in [2.75, 3.05) is 46.3 Å². The minimum atomic E-state index is 0. The number of guanidine groups is 1. The number of aliphatic imine (C=N–C) groups is 1. The van der Waals surface area contributed by atoms with Gasteiger partial charge in [-0.1, -0.05) is 20.8 Å². The minimum Gasteiger partial charge on any atom is -0.356 e. The molecule has 1 fully saturated rings. The van der Waals surface area contributed by atoms with Crippen molar-refractivity contribution in [2.24, 2.45) is 10.9 Å². The molecule has 5 nitrogen and oxygen atoms in total. The van der Waals surface area contributed by atoms with Crippen LogP contribution >= 0.6 is 24.0 Å². The lowest BCUT2D eigenvalue weighted by atomic mass is 10.1. The van der Waals surface area contributed by atoms with Crippen molar-refractivity contribution in [2.45, 2.75) is 59.5 Å². The Hall–Kier alpha value is -0.0800. The maximum Gasteiger partial charge on any atom is 0.191 e. The van der Waals surface area contributed by atoms with E-state index in [-0.39, 0.29) is 24.0 Å². The monoisotopic (exact) mass is 453 g/mol. The summed E-state index contributed by atoms with van der Waals surface area (Å²) in [5.74, 6) is 1.62. The Morgan fingerprint density at radius 1 is 1.21 bits per heavy atom. The molecule has 1 rings (SSSR count). The van der Waals surface area contributed by atoms with Gasteiger partial charge in [0.05, 0.1) is 0 Å². The Balaban J connectivity index is 0.00000529. The van der Waals surface area contributed by atoms with Crippen molar-refractivity contribution in [3.63, 3.8) is 0 Å². The van der Waals surface area contributed by atoms with E-state index in [0.717, 1.165) is 32.1 Å². The number of hydrogen-bond acceptors (Lipinski definition) is 3. The van der Waals surface area contributed by atoms with Gasteiger partial charge in [-0.15, -0.1) is 24.0 Å². The van der Waals surface area contributed by atoms with Gasteiger partial charge in [0, 0.05) is 38.8 Å². The van der Waals surface area contributed by atoms with E-state index in [9.17, 15) is 0 Å². The molecule has 1 aliphatic rings. The van der Waals surface area contributed by atoms with Gasteiger partial charge in [-0.3, -0.25) is 9.89 Å². The topological polar surface area (TPSA) is 42.9 Å². The fraction of sp³-hybridized carbons (Fsp3) is 0.944. The lowest BCUT2D eigenvalue weighted by Gasteiger charge is -2.22. The highest BCUT2D eigenvalue weighted by atomic mass is 127. The Morgan fingerprint density at radius 3 is 2.38 bits per heavy atom. The maximum atomic E-state index is 4.39. The molecule has 1 heterocycles. The predicted octanol–water partition coefficient (Wildman–Crippen LogP) is 2.62. The largest absolute Gasteiger partial charge is 0.356 e. The zero-order valence-corrected chi connectivity index (χ0v) is 19.0. The molecule has 6 heteroatoms. The van der Waals surface area contributed by atoms with Crippen LogP contribution < -0.4 is 10.6 Å². The van der Waals surface area contributed by atoms with Crippen molar-refractivity contribution in [1.82, 2.24) is 20.4 Å². The molecule has 0 aromatic rings. The molecule has 0 bridgehead atoms. The van der Waals surface area contributed by atoms with Crippen molar-refractivity contribution < 1.29 is 0 Å². The lowest BCUT2D eigenvalue weighted by Crippen LogP contribution is -2.47. The number of likely N-dealkylation sites (tertiary alicyclic amines) is 1. The van der Waals surface area contributed by atoms with E-state index in [1.54, 1.807) is 0 Å². The maximum absolute atomic E-state index is 4.39. The van der Waals surface area contributed by atoms with Gasteiger partial charge in [-0.25, -0.2) is 0 Å². The van der Waals surface area contributed by atoms with E-state index < -0.39 is 0 Å². The van der Waals surface area contributed by atoms with Crippen LogP contribution in [-0.4, -0.2) is 74.2 Å². The first-order valence-electron chi connectivity index (χ1n) is 9.45. The molecule has 2 unspecified atom stereocenters. The van der Waals surface area contributed by atoms with Crippen LogP contribution in [0.1, 0.15) is 47.5 Å². The van der Waals surface area contributed by atoms with Gasteiger partial charge < -0.3 is 15.5 Å². The summed E-state index contributed by atoms with van der Waals surface area (Å²) in [4.78, 5) is 9.41. The third-order valence-electron chi connectivity index (χ3n) is 5.00. The predicted molar refractivity (Wildman–Crippen MR) is 117 cm³/mol. The molecule has 2 atom stereocenters. The molecule has 1 saturated heterocycles. The minimum absolute atomic E-state index is 0. The highest BCUT2D eigenvalue weighted by Gasteiger charge is 2.31. The normalized spacial score (nSPS) is 22.1. The third kappa shape index (κ3) is 8.34. The van der Waals surface area contributed by atoms with Crippen LogP contribution in [0.15, 0.2) is 4.99 Å². The molecule has 0 aliphatic carbocycles. The molecular weight excluding hydrogens is 413 g/mol. The summed E-state index contributed by atoms with van der Waals surface area (Å²) in [6.45, 7) is 18.1. The van der Waals surface area contributed by atoms with Gasteiger partial charge in [0.15, 0.2) is 5.96 Å². The number of hydrogen-bond donors (Lipinski definition) is 2. The molecule has 2 N–H and O–H groups in total. The van der Waals surface area contributed by atoms with E-state index >= 15 is 0 Å². The second-order valence-electron chi connectivity index (χ2n) is 7.01. The number of rotatable bonds is 9. The smallest absolute Gasteiger partial charge is 0.191 e. The molecule has 0 amide bonds. The van der Waals surface area contributed by atoms with Crippen LogP contribution in [0.4, 0.5) is 0 Å². The van der Waals surface area contributed by atoms with E-state index in [1.807, 2.05) is 7.05 Å². The molecule has 0 radical (unpaired) electrons. The van der Waals surface area contributed by atoms with Crippen LogP contribution in [0.25, 0.3) is 0 Å². The highest BCUT2D eigenvalue weighted by molar-refractivity contribution is 14.0. The van der Waals surface area contributed by atoms with E-state index in [0.29, 0.717) is 18.0 Å². The fourth-order valence-electron chi connectivity index (χ4n) is 3.19. The Kier molecular flexibility index (Phi) is 13.1. The molecule has 24 heavy (non-hydrogen) atoms. The van der Waals surface area contributed by atoms with E-state index in [2.05, 4.69) is 60.0 Å². The number of halogens is 1. The SMILES string of the molecule is CCN(CC)CCCCNC(=NC)NC1CN(C(C)C)CC1C.I. The Morgan fingerprint density at radius 2 is 1.88 bits per heavy atom. The fourth-order valence-corrected chi connectivity index (χ4v) is 3.19. The second kappa shape index (κ2) is 13.2. The molecular formula is C18H40IN5. The second-order valence-corrected chi connectivity index (χ2v) is 7.01. The van der Waals surface area contributed by atoms with Crippen molar-refractivity contribution >= 4 is 29.9 Å².